The lowest BCUT2D eigenvalue weighted by Gasteiger charge is -1.99. The highest BCUT2D eigenvalue weighted by Gasteiger charge is 2.17. The number of H-pyrrole nitrogens is 1. The van der Waals surface area contributed by atoms with Crippen LogP contribution >= 0.6 is 27.5 Å². The third-order valence-corrected chi connectivity index (χ3v) is 4.24. The molecule has 5 heteroatoms. The van der Waals surface area contributed by atoms with E-state index in [0.29, 0.717) is 16.3 Å². The van der Waals surface area contributed by atoms with E-state index in [2.05, 4.69) is 20.9 Å². The molecular formula is C18H13BrClNO2. The van der Waals surface area contributed by atoms with Gasteiger partial charge in [0.2, 0.25) is 0 Å². The first kappa shape index (κ1) is 15.8. The Hall–Kier alpha value is -2.04. The van der Waals surface area contributed by atoms with Crippen LogP contribution in [0.25, 0.3) is 23.1 Å². The third kappa shape index (κ3) is 3.33. The standard InChI is InChI=1S/C18H13BrClNO2/c1-23-18(22)17-14-8-5-12(19)10-16(14)21-15(17)9-4-11-2-6-13(20)7-3-11/h2-10,21H,1H3. The van der Waals surface area contributed by atoms with E-state index in [9.17, 15) is 4.79 Å². The van der Waals surface area contributed by atoms with Crippen LogP contribution in [0, 0.1) is 0 Å². The van der Waals surface area contributed by atoms with E-state index >= 15 is 0 Å². The number of halogens is 2. The van der Waals surface area contributed by atoms with Crippen molar-refractivity contribution in [2.75, 3.05) is 7.11 Å². The maximum absolute atomic E-state index is 12.1. The molecule has 0 saturated heterocycles. The number of aromatic nitrogens is 1. The van der Waals surface area contributed by atoms with Crippen molar-refractivity contribution in [1.29, 1.82) is 0 Å². The summed E-state index contributed by atoms with van der Waals surface area (Å²) in [6.07, 6.45) is 3.78. The maximum atomic E-state index is 12.1. The van der Waals surface area contributed by atoms with Crippen molar-refractivity contribution in [3.05, 3.63) is 68.8 Å². The van der Waals surface area contributed by atoms with Crippen LogP contribution in [0.5, 0.6) is 0 Å². The van der Waals surface area contributed by atoms with Gasteiger partial charge >= 0.3 is 5.97 Å². The molecule has 1 aromatic heterocycles. The van der Waals surface area contributed by atoms with Crippen molar-refractivity contribution in [1.82, 2.24) is 4.98 Å². The second kappa shape index (κ2) is 6.60. The zero-order chi connectivity index (χ0) is 16.4. The van der Waals surface area contributed by atoms with Gasteiger partial charge in [0.15, 0.2) is 0 Å². The Bertz CT molecular complexity index is 897. The summed E-state index contributed by atoms with van der Waals surface area (Å²) in [5, 5.41) is 1.52. The number of methoxy groups -OCH3 is 1. The van der Waals surface area contributed by atoms with E-state index in [-0.39, 0.29) is 5.97 Å². The molecule has 0 radical (unpaired) electrons. The Morgan fingerprint density at radius 1 is 1.17 bits per heavy atom. The lowest BCUT2D eigenvalue weighted by Crippen LogP contribution is -2.02. The van der Waals surface area contributed by atoms with Crippen molar-refractivity contribution in [2.24, 2.45) is 0 Å². The molecule has 0 spiro atoms. The van der Waals surface area contributed by atoms with Crippen LogP contribution in [0.4, 0.5) is 0 Å². The Morgan fingerprint density at radius 3 is 2.61 bits per heavy atom. The molecule has 1 N–H and O–H groups in total. The maximum Gasteiger partial charge on any atom is 0.340 e. The number of hydrogen-bond donors (Lipinski definition) is 1. The fourth-order valence-corrected chi connectivity index (χ4v) is 2.88. The third-order valence-electron chi connectivity index (χ3n) is 3.49. The predicted octanol–water partition coefficient (Wildman–Crippen LogP) is 5.54. The Kier molecular flexibility index (Phi) is 4.55. The summed E-state index contributed by atoms with van der Waals surface area (Å²) < 4.78 is 5.86. The van der Waals surface area contributed by atoms with Crippen LogP contribution in [0.15, 0.2) is 46.9 Å². The molecule has 23 heavy (non-hydrogen) atoms. The van der Waals surface area contributed by atoms with E-state index in [1.807, 2.05) is 54.6 Å². The van der Waals surface area contributed by atoms with Gasteiger partial charge in [0.25, 0.3) is 0 Å². The quantitative estimate of drug-likeness (QED) is 0.597. The van der Waals surface area contributed by atoms with Gasteiger partial charge in [-0.25, -0.2) is 4.79 Å². The summed E-state index contributed by atoms with van der Waals surface area (Å²) in [6.45, 7) is 0. The van der Waals surface area contributed by atoms with Crippen molar-refractivity contribution < 1.29 is 9.53 Å². The minimum Gasteiger partial charge on any atom is -0.465 e. The molecule has 2 aromatic carbocycles. The van der Waals surface area contributed by atoms with Gasteiger partial charge in [0.05, 0.1) is 18.4 Å². The van der Waals surface area contributed by atoms with Crippen molar-refractivity contribution >= 4 is 56.6 Å². The molecule has 3 nitrogen and oxygen atoms in total. The highest BCUT2D eigenvalue weighted by molar-refractivity contribution is 9.10. The average Bonchev–Trinajstić information content (AvgIpc) is 2.91. The number of carbonyl (C=O) groups is 1. The van der Waals surface area contributed by atoms with Gasteiger partial charge in [-0.15, -0.1) is 0 Å². The summed E-state index contributed by atoms with van der Waals surface area (Å²) >= 11 is 9.32. The number of aromatic amines is 1. The largest absolute Gasteiger partial charge is 0.465 e. The van der Waals surface area contributed by atoms with Crippen LogP contribution < -0.4 is 0 Å². The molecule has 0 saturated carbocycles. The highest BCUT2D eigenvalue weighted by Crippen LogP contribution is 2.27. The van der Waals surface area contributed by atoms with Crippen LogP contribution in [0.3, 0.4) is 0 Å². The number of benzene rings is 2. The first-order valence-electron chi connectivity index (χ1n) is 6.91. The molecule has 0 amide bonds. The molecule has 0 fully saturated rings. The first-order valence-corrected chi connectivity index (χ1v) is 8.09. The Morgan fingerprint density at radius 2 is 1.91 bits per heavy atom. The molecular weight excluding hydrogens is 378 g/mol. The van der Waals surface area contributed by atoms with Crippen LogP contribution in [-0.4, -0.2) is 18.1 Å². The van der Waals surface area contributed by atoms with Crippen LogP contribution in [0.2, 0.25) is 5.02 Å². The lowest BCUT2D eigenvalue weighted by molar-refractivity contribution is 0.0603. The molecule has 0 atom stereocenters. The minimum atomic E-state index is -0.366. The molecule has 3 aromatic rings. The van der Waals surface area contributed by atoms with E-state index in [1.54, 1.807) is 0 Å². The lowest BCUT2D eigenvalue weighted by atomic mass is 10.1. The van der Waals surface area contributed by atoms with Crippen LogP contribution in [-0.2, 0) is 4.74 Å². The van der Waals surface area contributed by atoms with Gasteiger partial charge in [-0.05, 0) is 35.9 Å². The summed E-state index contributed by atoms with van der Waals surface area (Å²) in [6, 6.07) is 13.2. The van der Waals surface area contributed by atoms with Gasteiger partial charge in [-0.3, -0.25) is 0 Å². The van der Waals surface area contributed by atoms with Crippen LogP contribution in [0.1, 0.15) is 21.6 Å². The molecule has 0 aliphatic heterocycles. The summed E-state index contributed by atoms with van der Waals surface area (Å²) in [5.74, 6) is -0.366. The monoisotopic (exact) mass is 389 g/mol. The first-order chi connectivity index (χ1) is 11.1. The number of carbonyl (C=O) groups excluding carboxylic acids is 1. The molecule has 1 heterocycles. The summed E-state index contributed by atoms with van der Waals surface area (Å²) in [5.41, 5.74) is 3.10. The molecule has 3 rings (SSSR count). The molecule has 0 aliphatic rings. The van der Waals surface area contributed by atoms with Gasteiger partial charge in [0.1, 0.15) is 0 Å². The molecule has 0 unspecified atom stereocenters. The zero-order valence-corrected chi connectivity index (χ0v) is 14.6. The SMILES string of the molecule is COC(=O)c1c(C=Cc2ccc(Cl)cc2)[nH]c2cc(Br)ccc12. The van der Waals surface area contributed by atoms with Gasteiger partial charge in [-0.1, -0.05) is 51.8 Å². The molecule has 116 valence electrons. The smallest absolute Gasteiger partial charge is 0.340 e. The topological polar surface area (TPSA) is 42.1 Å². The van der Waals surface area contributed by atoms with Gasteiger partial charge in [-0.2, -0.15) is 0 Å². The van der Waals surface area contributed by atoms with E-state index in [4.69, 9.17) is 16.3 Å². The number of ether oxygens (including phenoxy) is 1. The van der Waals surface area contributed by atoms with E-state index in [1.165, 1.54) is 7.11 Å². The molecule has 0 aliphatic carbocycles. The van der Waals surface area contributed by atoms with Gasteiger partial charge in [0, 0.05) is 20.4 Å². The zero-order valence-electron chi connectivity index (χ0n) is 12.3. The Labute approximate surface area is 147 Å². The predicted molar refractivity (Wildman–Crippen MR) is 97.7 cm³/mol. The fourth-order valence-electron chi connectivity index (χ4n) is 2.39. The van der Waals surface area contributed by atoms with E-state index in [0.717, 1.165) is 20.9 Å². The second-order valence-corrected chi connectivity index (χ2v) is 6.33. The Balaban J connectivity index is 2.08. The van der Waals surface area contributed by atoms with Gasteiger partial charge < -0.3 is 9.72 Å². The van der Waals surface area contributed by atoms with Crippen molar-refractivity contribution in [3.63, 3.8) is 0 Å². The number of fused-ring (bicyclic) bond motifs is 1. The number of hydrogen-bond acceptors (Lipinski definition) is 2. The highest BCUT2D eigenvalue weighted by atomic mass is 79.9. The molecule has 0 bridgehead atoms. The summed E-state index contributed by atoms with van der Waals surface area (Å²) in [7, 11) is 1.38. The summed E-state index contributed by atoms with van der Waals surface area (Å²) in [4.78, 5) is 15.4. The van der Waals surface area contributed by atoms with Crippen molar-refractivity contribution in [2.45, 2.75) is 0 Å². The van der Waals surface area contributed by atoms with Crippen molar-refractivity contribution in [3.8, 4) is 0 Å². The second-order valence-electron chi connectivity index (χ2n) is 4.98. The number of rotatable bonds is 3. The average molecular weight is 391 g/mol. The number of esters is 1. The van der Waals surface area contributed by atoms with E-state index < -0.39 is 0 Å². The number of nitrogens with one attached hydrogen (secondary N) is 1. The normalized spacial score (nSPS) is 11.3. The minimum absolute atomic E-state index is 0.366. The fraction of sp³-hybridized carbons (Fsp3) is 0.0556.